The lowest BCUT2D eigenvalue weighted by Crippen LogP contribution is -2.45. The van der Waals surface area contributed by atoms with E-state index in [1.807, 2.05) is 43.3 Å². The number of hydrogen-bond acceptors (Lipinski definition) is 7. The second-order valence-corrected chi connectivity index (χ2v) is 9.38. The second-order valence-electron chi connectivity index (χ2n) is 9.38. The number of benzene rings is 2. The van der Waals surface area contributed by atoms with Crippen LogP contribution in [0, 0.1) is 0 Å². The van der Waals surface area contributed by atoms with E-state index in [4.69, 9.17) is 13.6 Å². The number of fused-ring (bicyclic) bond motifs is 3. The highest BCUT2D eigenvalue weighted by atomic mass is 16.5. The third-order valence-corrected chi connectivity index (χ3v) is 6.42. The molecular formula is C28H28N2O5. The van der Waals surface area contributed by atoms with Gasteiger partial charge >= 0.3 is 11.6 Å². The summed E-state index contributed by atoms with van der Waals surface area (Å²) in [7, 11) is 0. The number of ether oxygens (including phenoxy) is 1. The van der Waals surface area contributed by atoms with Crippen LogP contribution >= 0.6 is 0 Å². The number of oxazole rings is 1. The van der Waals surface area contributed by atoms with Gasteiger partial charge in [0.05, 0.1) is 12.1 Å². The van der Waals surface area contributed by atoms with Crippen LogP contribution in [0.15, 0.2) is 62.2 Å². The summed E-state index contributed by atoms with van der Waals surface area (Å²) in [5.74, 6) is 0.0547. The highest BCUT2D eigenvalue weighted by Gasteiger charge is 2.32. The van der Waals surface area contributed by atoms with Gasteiger partial charge in [0.25, 0.3) is 0 Å². The number of anilines is 1. The molecule has 180 valence electrons. The summed E-state index contributed by atoms with van der Waals surface area (Å²) >= 11 is 0. The van der Waals surface area contributed by atoms with Crippen LogP contribution in [0.2, 0.25) is 0 Å². The summed E-state index contributed by atoms with van der Waals surface area (Å²) in [6.45, 7) is 9.23. The lowest BCUT2D eigenvalue weighted by Gasteiger charge is -2.43. The van der Waals surface area contributed by atoms with Gasteiger partial charge in [-0.2, -0.15) is 0 Å². The van der Waals surface area contributed by atoms with E-state index < -0.39 is 5.63 Å². The van der Waals surface area contributed by atoms with Gasteiger partial charge in [-0.05, 0) is 64.0 Å². The van der Waals surface area contributed by atoms with Gasteiger partial charge in [-0.15, -0.1) is 0 Å². The number of nitrogens with zero attached hydrogens (tertiary/aromatic N) is 2. The minimum Gasteiger partial charge on any atom is -0.466 e. The molecule has 0 saturated heterocycles. The standard InChI is InChI=1S/C28H28N2O5/c1-5-33-25(31)11-8-12-30-22-15-24-18(13-19(22)17(2)16-28(30,3)4)14-20(27(32)35-24)26-29-21-9-6-7-10-23(21)34-26/h6-7,9-10,13-16H,5,8,11-12H2,1-4H3. The lowest BCUT2D eigenvalue weighted by atomic mass is 9.88. The molecular weight excluding hydrogens is 444 g/mol. The van der Waals surface area contributed by atoms with Gasteiger partial charge in [0.15, 0.2) is 5.58 Å². The van der Waals surface area contributed by atoms with Crippen LogP contribution in [-0.2, 0) is 9.53 Å². The van der Waals surface area contributed by atoms with Crippen molar-refractivity contribution in [3.63, 3.8) is 0 Å². The zero-order chi connectivity index (χ0) is 24.7. The first-order valence-electron chi connectivity index (χ1n) is 11.9. The van der Waals surface area contributed by atoms with Crippen molar-refractivity contribution < 1.29 is 18.4 Å². The Morgan fingerprint density at radius 3 is 2.63 bits per heavy atom. The van der Waals surface area contributed by atoms with Crippen molar-refractivity contribution in [1.82, 2.24) is 4.98 Å². The molecule has 0 unspecified atom stereocenters. The van der Waals surface area contributed by atoms with E-state index in [0.29, 0.717) is 42.7 Å². The molecule has 2 aromatic heterocycles. The van der Waals surface area contributed by atoms with Gasteiger partial charge in [-0.25, -0.2) is 9.78 Å². The molecule has 1 aliphatic heterocycles. The molecule has 0 amide bonds. The van der Waals surface area contributed by atoms with E-state index in [1.54, 1.807) is 6.07 Å². The Morgan fingerprint density at radius 1 is 1.09 bits per heavy atom. The molecule has 1 aliphatic rings. The molecule has 3 heterocycles. The lowest BCUT2D eigenvalue weighted by molar-refractivity contribution is -0.143. The minimum atomic E-state index is -0.500. The molecule has 0 atom stereocenters. The van der Waals surface area contributed by atoms with E-state index in [-0.39, 0.29) is 23.0 Å². The van der Waals surface area contributed by atoms with Crippen molar-refractivity contribution in [3.8, 4) is 11.5 Å². The zero-order valence-corrected chi connectivity index (χ0v) is 20.4. The topological polar surface area (TPSA) is 85.8 Å². The molecule has 2 aromatic carbocycles. The normalized spacial score (nSPS) is 14.7. The molecule has 0 saturated carbocycles. The summed E-state index contributed by atoms with van der Waals surface area (Å²) in [6, 6.07) is 13.1. The first-order valence-corrected chi connectivity index (χ1v) is 11.9. The fourth-order valence-corrected chi connectivity index (χ4v) is 4.85. The number of hydrogen-bond donors (Lipinski definition) is 0. The molecule has 0 aliphatic carbocycles. The fraction of sp³-hybridized carbons (Fsp3) is 0.321. The van der Waals surface area contributed by atoms with Gasteiger partial charge in [0, 0.05) is 35.7 Å². The van der Waals surface area contributed by atoms with Crippen LogP contribution in [0.25, 0.3) is 39.1 Å². The number of aromatic nitrogens is 1. The average Bonchev–Trinajstić information content (AvgIpc) is 3.24. The maximum atomic E-state index is 12.9. The molecule has 7 heteroatoms. The van der Waals surface area contributed by atoms with Gasteiger partial charge in [-0.1, -0.05) is 18.2 Å². The van der Waals surface area contributed by atoms with Gasteiger partial charge in [0.2, 0.25) is 5.89 Å². The monoisotopic (exact) mass is 472 g/mol. The molecule has 7 nitrogen and oxygen atoms in total. The van der Waals surface area contributed by atoms with Crippen LogP contribution < -0.4 is 10.5 Å². The van der Waals surface area contributed by atoms with E-state index in [1.165, 1.54) is 0 Å². The van der Waals surface area contributed by atoms with Gasteiger partial charge < -0.3 is 18.5 Å². The Morgan fingerprint density at radius 2 is 1.86 bits per heavy atom. The number of rotatable bonds is 6. The van der Waals surface area contributed by atoms with Crippen LogP contribution in [0.4, 0.5) is 5.69 Å². The van der Waals surface area contributed by atoms with Crippen molar-refractivity contribution in [3.05, 3.63) is 64.5 Å². The third-order valence-electron chi connectivity index (χ3n) is 6.42. The van der Waals surface area contributed by atoms with Crippen molar-refractivity contribution in [2.75, 3.05) is 18.1 Å². The number of carbonyl (C=O) groups excluding carboxylic acids is 1. The van der Waals surface area contributed by atoms with Crippen LogP contribution in [0.1, 0.15) is 46.1 Å². The summed E-state index contributed by atoms with van der Waals surface area (Å²) in [5, 5.41) is 0.791. The first-order chi connectivity index (χ1) is 16.8. The molecule has 0 bridgehead atoms. The molecule has 0 spiro atoms. The van der Waals surface area contributed by atoms with Gasteiger partial charge in [-0.3, -0.25) is 4.79 Å². The maximum absolute atomic E-state index is 12.9. The Hall–Kier alpha value is -3.87. The Kier molecular flexibility index (Phi) is 5.71. The van der Waals surface area contributed by atoms with E-state index >= 15 is 0 Å². The number of para-hydroxylation sites is 2. The molecule has 0 radical (unpaired) electrons. The van der Waals surface area contributed by atoms with E-state index in [9.17, 15) is 9.59 Å². The molecule has 0 N–H and O–H groups in total. The van der Waals surface area contributed by atoms with E-state index in [2.05, 4.69) is 36.7 Å². The Labute approximate surface area is 203 Å². The number of esters is 1. The smallest absolute Gasteiger partial charge is 0.349 e. The highest BCUT2D eigenvalue weighted by Crippen LogP contribution is 2.41. The Bertz CT molecular complexity index is 1490. The minimum absolute atomic E-state index is 0.189. The summed E-state index contributed by atoms with van der Waals surface area (Å²) in [4.78, 5) is 31.5. The van der Waals surface area contributed by atoms with Crippen LogP contribution in [-0.4, -0.2) is 29.6 Å². The second kappa shape index (κ2) is 8.73. The van der Waals surface area contributed by atoms with Crippen molar-refractivity contribution in [1.29, 1.82) is 0 Å². The third kappa shape index (κ3) is 4.22. The summed E-state index contributed by atoms with van der Waals surface area (Å²) in [6.07, 6.45) is 3.24. The highest BCUT2D eigenvalue weighted by molar-refractivity contribution is 5.93. The quantitative estimate of drug-likeness (QED) is 0.253. The predicted octanol–water partition coefficient (Wildman–Crippen LogP) is 5.95. The van der Waals surface area contributed by atoms with Gasteiger partial charge in [0.1, 0.15) is 16.7 Å². The molecule has 4 aromatic rings. The van der Waals surface area contributed by atoms with E-state index in [0.717, 1.165) is 22.2 Å². The van der Waals surface area contributed by atoms with Crippen LogP contribution in [0.3, 0.4) is 0 Å². The van der Waals surface area contributed by atoms with Crippen molar-refractivity contribution in [2.45, 2.75) is 46.1 Å². The van der Waals surface area contributed by atoms with Crippen LogP contribution in [0.5, 0.6) is 0 Å². The average molecular weight is 473 g/mol. The first kappa shape index (κ1) is 22.9. The molecule has 35 heavy (non-hydrogen) atoms. The summed E-state index contributed by atoms with van der Waals surface area (Å²) < 4.78 is 16.6. The number of carbonyl (C=O) groups is 1. The Balaban J connectivity index is 1.55. The zero-order valence-electron chi connectivity index (χ0n) is 20.4. The summed E-state index contributed by atoms with van der Waals surface area (Å²) in [5.41, 5.74) is 4.50. The molecule has 0 fully saturated rings. The van der Waals surface area contributed by atoms with Crippen molar-refractivity contribution in [2.24, 2.45) is 0 Å². The fourth-order valence-electron chi connectivity index (χ4n) is 4.85. The molecule has 5 rings (SSSR count). The largest absolute Gasteiger partial charge is 0.466 e. The maximum Gasteiger partial charge on any atom is 0.349 e. The predicted molar refractivity (Wildman–Crippen MR) is 136 cm³/mol. The SMILES string of the molecule is CCOC(=O)CCCN1c2cc3oc(=O)c(-c4nc5ccccc5o4)cc3cc2C(C)=CC1(C)C. The number of allylic oxidation sites excluding steroid dienone is 1. The van der Waals surface area contributed by atoms with Crippen molar-refractivity contribution >= 4 is 39.3 Å².